The van der Waals surface area contributed by atoms with Crippen LogP contribution in [0.3, 0.4) is 0 Å². The van der Waals surface area contributed by atoms with E-state index in [9.17, 15) is 13.2 Å². The molecule has 1 amide bonds. The molecule has 1 aliphatic carbocycles. The van der Waals surface area contributed by atoms with Crippen LogP contribution in [-0.4, -0.2) is 58.2 Å². The molecule has 0 saturated heterocycles. The van der Waals surface area contributed by atoms with E-state index in [-0.39, 0.29) is 25.0 Å². The molecule has 1 saturated carbocycles. The SMILES string of the molecule is COc1ccc(CCN(CC(=O)NC2CCCC2)S(C)(=O)=O)cc1OC. The molecule has 0 atom stereocenters. The number of carbonyl (C=O) groups excluding carboxylic acids is 1. The van der Waals surface area contributed by atoms with Gasteiger partial charge in [0.15, 0.2) is 11.5 Å². The predicted molar refractivity (Wildman–Crippen MR) is 100 cm³/mol. The lowest BCUT2D eigenvalue weighted by Crippen LogP contribution is -2.43. The van der Waals surface area contributed by atoms with Crippen molar-refractivity contribution < 1.29 is 22.7 Å². The van der Waals surface area contributed by atoms with Crippen LogP contribution in [-0.2, 0) is 21.2 Å². The Morgan fingerprint density at radius 3 is 2.42 bits per heavy atom. The van der Waals surface area contributed by atoms with Crippen molar-refractivity contribution in [3.8, 4) is 11.5 Å². The minimum Gasteiger partial charge on any atom is -0.493 e. The summed E-state index contributed by atoms with van der Waals surface area (Å²) < 4.78 is 35.8. The molecule has 1 N–H and O–H groups in total. The van der Waals surface area contributed by atoms with Gasteiger partial charge in [-0.1, -0.05) is 18.9 Å². The molecule has 26 heavy (non-hydrogen) atoms. The van der Waals surface area contributed by atoms with E-state index in [2.05, 4.69) is 5.32 Å². The Balaban J connectivity index is 1.98. The fourth-order valence-electron chi connectivity index (χ4n) is 3.16. The van der Waals surface area contributed by atoms with Crippen molar-refractivity contribution in [2.24, 2.45) is 0 Å². The fourth-order valence-corrected chi connectivity index (χ4v) is 3.93. The van der Waals surface area contributed by atoms with Gasteiger partial charge in [0.2, 0.25) is 15.9 Å². The Morgan fingerprint density at radius 2 is 1.85 bits per heavy atom. The topological polar surface area (TPSA) is 84.9 Å². The van der Waals surface area contributed by atoms with Crippen molar-refractivity contribution in [2.45, 2.75) is 38.1 Å². The number of rotatable bonds is 9. The van der Waals surface area contributed by atoms with Crippen LogP contribution in [0.4, 0.5) is 0 Å². The Morgan fingerprint density at radius 1 is 1.19 bits per heavy atom. The molecule has 0 radical (unpaired) electrons. The normalized spacial score (nSPS) is 15.2. The number of hydrogen-bond acceptors (Lipinski definition) is 5. The van der Waals surface area contributed by atoms with Crippen molar-refractivity contribution >= 4 is 15.9 Å². The van der Waals surface area contributed by atoms with E-state index < -0.39 is 10.0 Å². The van der Waals surface area contributed by atoms with Gasteiger partial charge in [-0.15, -0.1) is 0 Å². The Labute approximate surface area is 155 Å². The number of amides is 1. The van der Waals surface area contributed by atoms with E-state index in [0.717, 1.165) is 37.5 Å². The number of ether oxygens (including phenoxy) is 2. The van der Waals surface area contributed by atoms with Crippen LogP contribution < -0.4 is 14.8 Å². The first-order valence-corrected chi connectivity index (χ1v) is 10.6. The van der Waals surface area contributed by atoms with Gasteiger partial charge in [-0.05, 0) is 37.0 Å². The summed E-state index contributed by atoms with van der Waals surface area (Å²) >= 11 is 0. The summed E-state index contributed by atoms with van der Waals surface area (Å²) in [5.74, 6) is 0.969. The van der Waals surface area contributed by atoms with E-state index in [0.29, 0.717) is 17.9 Å². The van der Waals surface area contributed by atoms with Gasteiger partial charge in [-0.25, -0.2) is 8.42 Å². The Hall–Kier alpha value is -1.80. The van der Waals surface area contributed by atoms with Crippen molar-refractivity contribution in [3.63, 3.8) is 0 Å². The van der Waals surface area contributed by atoms with Gasteiger partial charge in [-0.3, -0.25) is 4.79 Å². The molecular formula is C18H28N2O5S. The third-order valence-corrected chi connectivity index (χ3v) is 5.86. The highest BCUT2D eigenvalue weighted by atomic mass is 32.2. The molecule has 0 heterocycles. The molecule has 1 aromatic carbocycles. The first-order valence-electron chi connectivity index (χ1n) is 8.79. The number of hydrogen-bond donors (Lipinski definition) is 1. The molecule has 8 heteroatoms. The van der Waals surface area contributed by atoms with Crippen LogP contribution in [0.5, 0.6) is 11.5 Å². The van der Waals surface area contributed by atoms with Gasteiger partial charge in [0.1, 0.15) is 0 Å². The number of carbonyl (C=O) groups is 1. The zero-order valence-corrected chi connectivity index (χ0v) is 16.5. The van der Waals surface area contributed by atoms with Crippen LogP contribution in [0.15, 0.2) is 18.2 Å². The Bertz CT molecular complexity index is 714. The van der Waals surface area contributed by atoms with E-state index in [1.165, 1.54) is 4.31 Å². The average Bonchev–Trinajstić information content (AvgIpc) is 3.10. The van der Waals surface area contributed by atoms with Crippen molar-refractivity contribution in [1.29, 1.82) is 0 Å². The van der Waals surface area contributed by atoms with Crippen molar-refractivity contribution in [1.82, 2.24) is 9.62 Å². The highest BCUT2D eigenvalue weighted by Crippen LogP contribution is 2.27. The number of nitrogens with one attached hydrogen (secondary N) is 1. The zero-order chi connectivity index (χ0) is 19.2. The molecular weight excluding hydrogens is 356 g/mol. The van der Waals surface area contributed by atoms with Gasteiger partial charge in [0.25, 0.3) is 0 Å². The smallest absolute Gasteiger partial charge is 0.235 e. The maximum Gasteiger partial charge on any atom is 0.235 e. The summed E-state index contributed by atoms with van der Waals surface area (Å²) in [6.45, 7) is 0.0784. The highest BCUT2D eigenvalue weighted by molar-refractivity contribution is 7.88. The third kappa shape index (κ3) is 5.88. The maximum atomic E-state index is 12.2. The summed E-state index contributed by atoms with van der Waals surface area (Å²) in [4.78, 5) is 12.2. The minimum absolute atomic E-state index is 0.150. The largest absolute Gasteiger partial charge is 0.493 e. The van der Waals surface area contributed by atoms with Gasteiger partial charge >= 0.3 is 0 Å². The van der Waals surface area contributed by atoms with E-state index >= 15 is 0 Å². The lowest BCUT2D eigenvalue weighted by molar-refractivity contribution is -0.122. The monoisotopic (exact) mass is 384 g/mol. The van der Waals surface area contributed by atoms with Crippen LogP contribution in [0, 0.1) is 0 Å². The molecule has 1 aromatic rings. The second kappa shape index (κ2) is 9.23. The lowest BCUT2D eigenvalue weighted by Gasteiger charge is -2.21. The third-order valence-electron chi connectivity index (χ3n) is 4.61. The van der Waals surface area contributed by atoms with E-state index in [1.807, 2.05) is 12.1 Å². The fraction of sp³-hybridized carbons (Fsp3) is 0.611. The molecule has 146 valence electrons. The molecule has 0 aliphatic heterocycles. The van der Waals surface area contributed by atoms with Gasteiger partial charge in [0.05, 0.1) is 27.0 Å². The molecule has 2 rings (SSSR count). The van der Waals surface area contributed by atoms with Crippen molar-refractivity contribution in [2.75, 3.05) is 33.6 Å². The number of benzene rings is 1. The summed E-state index contributed by atoms with van der Waals surface area (Å²) in [7, 11) is -0.361. The van der Waals surface area contributed by atoms with Crippen LogP contribution in [0.2, 0.25) is 0 Å². The highest BCUT2D eigenvalue weighted by Gasteiger charge is 2.23. The second-order valence-corrected chi connectivity index (χ2v) is 8.57. The van der Waals surface area contributed by atoms with Crippen LogP contribution >= 0.6 is 0 Å². The number of methoxy groups -OCH3 is 2. The summed E-state index contributed by atoms with van der Waals surface area (Å²) in [6.07, 6.45) is 5.77. The quantitative estimate of drug-likeness (QED) is 0.698. The first kappa shape index (κ1) is 20.5. The second-order valence-electron chi connectivity index (χ2n) is 6.58. The maximum absolute atomic E-state index is 12.2. The molecule has 7 nitrogen and oxygen atoms in total. The minimum atomic E-state index is -3.48. The van der Waals surface area contributed by atoms with Gasteiger partial charge in [0, 0.05) is 12.6 Å². The molecule has 0 aromatic heterocycles. The lowest BCUT2D eigenvalue weighted by atomic mass is 10.1. The van der Waals surface area contributed by atoms with Gasteiger partial charge < -0.3 is 14.8 Å². The van der Waals surface area contributed by atoms with Crippen LogP contribution in [0.25, 0.3) is 0 Å². The Kier molecular flexibility index (Phi) is 7.28. The summed E-state index contributed by atoms with van der Waals surface area (Å²) in [6, 6.07) is 5.64. The average molecular weight is 384 g/mol. The zero-order valence-electron chi connectivity index (χ0n) is 15.7. The van der Waals surface area contributed by atoms with Crippen LogP contribution in [0.1, 0.15) is 31.2 Å². The molecule has 1 fully saturated rings. The van der Waals surface area contributed by atoms with Gasteiger partial charge in [-0.2, -0.15) is 4.31 Å². The standard InChI is InChI=1S/C18H28N2O5S/c1-24-16-9-8-14(12-17(16)25-2)10-11-20(26(3,22)23)13-18(21)19-15-6-4-5-7-15/h8-9,12,15H,4-7,10-11,13H2,1-3H3,(H,19,21). The predicted octanol–water partition coefficient (Wildman–Crippen LogP) is 1.57. The first-order chi connectivity index (χ1) is 12.3. The number of nitrogens with zero attached hydrogens (tertiary/aromatic N) is 1. The molecule has 0 bridgehead atoms. The van der Waals surface area contributed by atoms with Crippen molar-refractivity contribution in [3.05, 3.63) is 23.8 Å². The van der Waals surface area contributed by atoms with E-state index in [4.69, 9.17) is 9.47 Å². The van der Waals surface area contributed by atoms with E-state index in [1.54, 1.807) is 20.3 Å². The molecule has 0 unspecified atom stereocenters. The molecule has 1 aliphatic rings. The summed E-state index contributed by atoms with van der Waals surface area (Å²) in [5.41, 5.74) is 0.910. The number of sulfonamides is 1. The molecule has 0 spiro atoms. The summed E-state index contributed by atoms with van der Waals surface area (Å²) in [5, 5.41) is 2.93.